The van der Waals surface area contributed by atoms with E-state index in [2.05, 4.69) is 10.2 Å². The topological polar surface area (TPSA) is 84.9 Å². The summed E-state index contributed by atoms with van der Waals surface area (Å²) in [6.45, 7) is 4.37. The summed E-state index contributed by atoms with van der Waals surface area (Å²) in [5.74, 6) is -1.31. The molecule has 0 aliphatic carbocycles. The average molecular weight is 382 g/mol. The largest absolute Gasteiger partial charge is 0.465 e. The van der Waals surface area contributed by atoms with Gasteiger partial charge in [-0.15, -0.1) is 11.3 Å². The molecule has 0 radical (unpaired) electrons. The number of amides is 1. The highest BCUT2D eigenvalue weighted by Gasteiger charge is 2.26. The Balaban J connectivity index is 2.07. The zero-order valence-electron chi connectivity index (χ0n) is 15.6. The lowest BCUT2D eigenvalue weighted by molar-refractivity contribution is -0.116. The molecule has 1 aromatic rings. The van der Waals surface area contributed by atoms with E-state index in [1.165, 1.54) is 39.9 Å². The van der Waals surface area contributed by atoms with Gasteiger partial charge in [-0.05, 0) is 38.4 Å². The number of carbonyl (C=O) groups is 3. The van der Waals surface area contributed by atoms with E-state index >= 15 is 0 Å². The fourth-order valence-electron chi connectivity index (χ4n) is 3.05. The van der Waals surface area contributed by atoms with E-state index in [-0.39, 0.29) is 16.3 Å². The zero-order valence-corrected chi connectivity index (χ0v) is 16.4. The molecule has 1 N–H and O–H groups in total. The van der Waals surface area contributed by atoms with Crippen molar-refractivity contribution in [1.82, 2.24) is 4.90 Å². The van der Waals surface area contributed by atoms with E-state index in [1.54, 1.807) is 6.92 Å². The van der Waals surface area contributed by atoms with Crippen molar-refractivity contribution in [2.24, 2.45) is 0 Å². The number of hydrogen-bond donors (Lipinski definition) is 1. The van der Waals surface area contributed by atoms with Crippen molar-refractivity contribution >= 4 is 34.2 Å². The number of likely N-dealkylation sites (tertiary alicyclic amines) is 1. The molecule has 0 saturated carbocycles. The van der Waals surface area contributed by atoms with Crippen molar-refractivity contribution in [3.05, 3.63) is 16.0 Å². The van der Waals surface area contributed by atoms with Gasteiger partial charge < -0.3 is 19.7 Å². The van der Waals surface area contributed by atoms with Crippen LogP contribution in [0.1, 0.15) is 57.7 Å². The number of rotatable bonds is 6. The molecule has 2 rings (SSSR count). The van der Waals surface area contributed by atoms with Crippen molar-refractivity contribution in [3.8, 4) is 0 Å². The van der Waals surface area contributed by atoms with Crippen LogP contribution in [-0.4, -0.2) is 56.6 Å². The smallest absolute Gasteiger partial charge is 0.348 e. The Morgan fingerprint density at radius 3 is 2.23 bits per heavy atom. The second-order valence-corrected chi connectivity index (χ2v) is 7.32. The Morgan fingerprint density at radius 1 is 1.04 bits per heavy atom. The fraction of sp³-hybridized carbons (Fsp3) is 0.611. The summed E-state index contributed by atoms with van der Waals surface area (Å²) in [5, 5.41) is 3.09. The van der Waals surface area contributed by atoms with Gasteiger partial charge in [-0.2, -0.15) is 0 Å². The number of nitrogens with one attached hydrogen (secondary N) is 1. The van der Waals surface area contributed by atoms with E-state index in [0.717, 1.165) is 24.4 Å². The normalized spacial score (nSPS) is 15.2. The molecule has 1 aromatic heterocycles. The number of thiophene rings is 1. The maximum absolute atomic E-state index is 12.4. The van der Waals surface area contributed by atoms with Crippen molar-refractivity contribution in [3.63, 3.8) is 0 Å². The first-order valence-electron chi connectivity index (χ1n) is 8.80. The number of methoxy groups -OCH3 is 2. The van der Waals surface area contributed by atoms with Gasteiger partial charge in [-0.3, -0.25) is 4.79 Å². The lowest BCUT2D eigenvalue weighted by atomic mass is 10.1. The third kappa shape index (κ3) is 5.04. The predicted molar refractivity (Wildman–Crippen MR) is 99.9 cm³/mol. The van der Waals surface area contributed by atoms with E-state index in [0.29, 0.717) is 23.5 Å². The van der Waals surface area contributed by atoms with Gasteiger partial charge in [-0.1, -0.05) is 12.8 Å². The van der Waals surface area contributed by atoms with Crippen LogP contribution in [0.3, 0.4) is 0 Å². The Labute approximate surface area is 157 Å². The molecule has 26 heavy (non-hydrogen) atoms. The summed E-state index contributed by atoms with van der Waals surface area (Å²) in [6.07, 6.45) is 5.17. The van der Waals surface area contributed by atoms with E-state index in [9.17, 15) is 14.4 Å². The van der Waals surface area contributed by atoms with Crippen molar-refractivity contribution in [1.29, 1.82) is 0 Å². The van der Waals surface area contributed by atoms with Gasteiger partial charge in [0.2, 0.25) is 5.91 Å². The Hall–Kier alpha value is -1.93. The highest BCUT2D eigenvalue weighted by molar-refractivity contribution is 7.18. The SMILES string of the molecule is COC(=O)c1sc(NC(=O)CCN2CCCCCC2)c(C(=O)OC)c1C. The van der Waals surface area contributed by atoms with E-state index in [4.69, 9.17) is 9.47 Å². The number of carbonyl (C=O) groups excluding carboxylic acids is 3. The van der Waals surface area contributed by atoms with Gasteiger partial charge in [0.25, 0.3) is 0 Å². The minimum Gasteiger partial charge on any atom is -0.465 e. The summed E-state index contributed by atoms with van der Waals surface area (Å²) in [4.78, 5) is 38.9. The third-order valence-electron chi connectivity index (χ3n) is 4.51. The zero-order chi connectivity index (χ0) is 19.1. The summed E-state index contributed by atoms with van der Waals surface area (Å²) >= 11 is 1.03. The average Bonchev–Trinajstić information content (AvgIpc) is 2.81. The molecule has 1 amide bonds. The molecule has 0 aromatic carbocycles. The molecule has 0 bridgehead atoms. The second kappa shape index (κ2) is 9.68. The first kappa shape index (κ1) is 20.4. The maximum atomic E-state index is 12.4. The minimum absolute atomic E-state index is 0.183. The lowest BCUT2D eigenvalue weighted by Gasteiger charge is -2.19. The number of anilines is 1. The number of ether oxygens (including phenoxy) is 2. The van der Waals surface area contributed by atoms with Crippen molar-refractivity contribution < 1.29 is 23.9 Å². The molecule has 1 aliphatic heterocycles. The Kier molecular flexibility index (Phi) is 7.59. The molecule has 1 saturated heterocycles. The van der Waals surface area contributed by atoms with Gasteiger partial charge in [0.1, 0.15) is 9.88 Å². The lowest BCUT2D eigenvalue weighted by Crippen LogP contribution is -2.28. The van der Waals surface area contributed by atoms with Crippen LogP contribution in [-0.2, 0) is 14.3 Å². The van der Waals surface area contributed by atoms with E-state index in [1.807, 2.05) is 0 Å². The van der Waals surface area contributed by atoms with Crippen LogP contribution in [0.25, 0.3) is 0 Å². The molecule has 0 spiro atoms. The highest BCUT2D eigenvalue weighted by Crippen LogP contribution is 2.34. The molecule has 1 aliphatic rings. The fourth-order valence-corrected chi connectivity index (χ4v) is 4.17. The van der Waals surface area contributed by atoms with Gasteiger partial charge in [-0.25, -0.2) is 9.59 Å². The van der Waals surface area contributed by atoms with Gasteiger partial charge >= 0.3 is 11.9 Å². The molecular weight excluding hydrogens is 356 g/mol. The molecule has 7 nitrogen and oxygen atoms in total. The molecule has 0 atom stereocenters. The first-order chi connectivity index (χ1) is 12.5. The van der Waals surface area contributed by atoms with Gasteiger partial charge in [0.15, 0.2) is 0 Å². The predicted octanol–water partition coefficient (Wildman–Crippen LogP) is 2.83. The molecule has 144 valence electrons. The highest BCUT2D eigenvalue weighted by atomic mass is 32.1. The second-order valence-electron chi connectivity index (χ2n) is 6.30. The van der Waals surface area contributed by atoms with Gasteiger partial charge in [0, 0.05) is 13.0 Å². The standard InChI is InChI=1S/C18H26N2O5S/c1-12-14(17(22)24-2)16(26-15(12)18(23)25-3)19-13(21)8-11-20-9-6-4-5-7-10-20/h4-11H2,1-3H3,(H,19,21). The molecule has 8 heteroatoms. The summed E-state index contributed by atoms with van der Waals surface area (Å²) in [7, 11) is 2.54. The Bertz CT molecular complexity index is 663. The maximum Gasteiger partial charge on any atom is 0.348 e. The van der Waals surface area contributed by atoms with Crippen LogP contribution >= 0.6 is 11.3 Å². The van der Waals surface area contributed by atoms with Crippen LogP contribution in [0.5, 0.6) is 0 Å². The van der Waals surface area contributed by atoms with Crippen LogP contribution in [0.4, 0.5) is 5.00 Å². The molecular formula is C18H26N2O5S. The quantitative estimate of drug-likeness (QED) is 0.762. The van der Waals surface area contributed by atoms with Crippen molar-refractivity contribution in [2.75, 3.05) is 39.2 Å². The number of hydrogen-bond acceptors (Lipinski definition) is 7. The van der Waals surface area contributed by atoms with Crippen molar-refractivity contribution in [2.45, 2.75) is 39.0 Å². The van der Waals surface area contributed by atoms with Crippen LogP contribution in [0.15, 0.2) is 0 Å². The number of nitrogens with zero attached hydrogens (tertiary/aromatic N) is 1. The summed E-state index contributed by atoms with van der Waals surface area (Å²) in [5.41, 5.74) is 0.664. The first-order valence-corrected chi connectivity index (χ1v) is 9.61. The number of esters is 2. The van der Waals surface area contributed by atoms with Gasteiger partial charge in [0.05, 0.1) is 19.8 Å². The van der Waals surface area contributed by atoms with Crippen LogP contribution < -0.4 is 5.32 Å². The molecule has 1 fully saturated rings. The summed E-state index contributed by atoms with van der Waals surface area (Å²) < 4.78 is 9.53. The molecule has 0 unspecified atom stereocenters. The monoisotopic (exact) mass is 382 g/mol. The molecule has 2 heterocycles. The Morgan fingerprint density at radius 2 is 1.65 bits per heavy atom. The summed E-state index contributed by atoms with van der Waals surface area (Å²) in [6, 6.07) is 0. The van der Waals surface area contributed by atoms with Crippen LogP contribution in [0.2, 0.25) is 0 Å². The van der Waals surface area contributed by atoms with Crippen LogP contribution in [0, 0.1) is 6.92 Å². The third-order valence-corrected chi connectivity index (χ3v) is 5.70. The minimum atomic E-state index is -0.586. The van der Waals surface area contributed by atoms with E-state index < -0.39 is 11.9 Å².